The van der Waals surface area contributed by atoms with Crippen LogP contribution in [0.4, 0.5) is 16.2 Å². The second-order valence-corrected chi connectivity index (χ2v) is 9.74. The maximum absolute atomic E-state index is 13.6. The Kier molecular flexibility index (Phi) is 9.44. The van der Waals surface area contributed by atoms with Crippen molar-refractivity contribution in [1.82, 2.24) is 14.4 Å². The Morgan fingerprint density at radius 2 is 1.82 bits per heavy atom. The van der Waals surface area contributed by atoms with Gasteiger partial charge in [0.1, 0.15) is 5.15 Å². The summed E-state index contributed by atoms with van der Waals surface area (Å²) in [4.78, 5) is 34.6. The van der Waals surface area contributed by atoms with Crippen LogP contribution in [-0.4, -0.2) is 33.0 Å². The second kappa shape index (κ2) is 13.0. The van der Waals surface area contributed by atoms with Crippen molar-refractivity contribution >= 4 is 63.7 Å². The first-order chi connectivity index (χ1) is 18.4. The fraction of sp³-hybridized carbons (Fsp3) is 0.259. The minimum Gasteiger partial charge on any atom is -0.449 e. The summed E-state index contributed by atoms with van der Waals surface area (Å²) in [5.41, 5.74) is 2.16. The highest BCUT2D eigenvalue weighted by Crippen LogP contribution is 2.36. The Labute approximate surface area is 235 Å². The Balaban J connectivity index is 1.59. The summed E-state index contributed by atoms with van der Waals surface area (Å²) >= 11 is 19.0. The zero-order chi connectivity index (χ0) is 27.1. The predicted molar refractivity (Wildman–Crippen MR) is 152 cm³/mol. The van der Waals surface area contributed by atoms with Gasteiger partial charge in [0.05, 0.1) is 40.4 Å². The molecule has 0 saturated heterocycles. The van der Waals surface area contributed by atoms with Gasteiger partial charge in [0.2, 0.25) is 0 Å². The van der Waals surface area contributed by atoms with Gasteiger partial charge >= 0.3 is 6.09 Å². The van der Waals surface area contributed by atoms with Gasteiger partial charge in [0.15, 0.2) is 5.69 Å². The van der Waals surface area contributed by atoms with E-state index in [0.717, 1.165) is 37.6 Å². The van der Waals surface area contributed by atoms with Crippen molar-refractivity contribution in [2.75, 3.05) is 17.2 Å². The molecule has 1 aromatic carbocycles. The number of unbranched alkanes of at least 4 members (excludes halogenated alkanes) is 4. The number of amides is 2. The van der Waals surface area contributed by atoms with Gasteiger partial charge in [-0.3, -0.25) is 10.1 Å². The lowest BCUT2D eigenvalue weighted by molar-refractivity contribution is 0.102. The van der Waals surface area contributed by atoms with E-state index in [1.165, 1.54) is 12.1 Å². The van der Waals surface area contributed by atoms with Gasteiger partial charge in [-0.05, 0) is 42.8 Å². The first-order valence-corrected chi connectivity index (χ1v) is 13.3. The molecule has 0 fully saturated rings. The molecule has 0 saturated carbocycles. The number of halogens is 3. The largest absolute Gasteiger partial charge is 0.449 e. The third-order valence-corrected chi connectivity index (χ3v) is 6.63. The van der Waals surface area contributed by atoms with E-state index in [4.69, 9.17) is 39.5 Å². The molecule has 0 aliphatic rings. The summed E-state index contributed by atoms with van der Waals surface area (Å²) in [6.07, 6.45) is 9.38. The number of ether oxygens (including phenoxy) is 1. The quantitative estimate of drug-likeness (QED) is 0.147. The van der Waals surface area contributed by atoms with Crippen LogP contribution in [0.3, 0.4) is 0 Å². The third-order valence-electron chi connectivity index (χ3n) is 5.81. The molecular weight excluding hydrogens is 549 g/mol. The maximum atomic E-state index is 13.6. The van der Waals surface area contributed by atoms with Gasteiger partial charge in [-0.15, -0.1) is 0 Å². The van der Waals surface area contributed by atoms with Crippen LogP contribution in [-0.2, 0) is 4.74 Å². The van der Waals surface area contributed by atoms with Crippen molar-refractivity contribution in [2.45, 2.75) is 39.0 Å². The Hall–Kier alpha value is -3.33. The Bertz CT molecular complexity index is 1460. The number of benzene rings is 1. The molecule has 0 unspecified atom stereocenters. The standard InChI is InChI=1S/C27H26Cl3N5O3/c1-2-3-4-5-6-13-38-27(37)33-21-15-17(28)14-20(29)22(21)34-26(36)23-24(19-10-7-11-31-25(19)30)35-12-8-9-18(35)16-32-23/h7-12,14-16H,2-6,13H2,1H3,(H,33,37)(H,34,36). The molecular formula is C27H26Cl3N5O3. The van der Waals surface area contributed by atoms with Gasteiger partial charge in [0.25, 0.3) is 5.91 Å². The molecule has 0 spiro atoms. The summed E-state index contributed by atoms with van der Waals surface area (Å²) in [6.45, 7) is 2.42. The van der Waals surface area contributed by atoms with Crippen LogP contribution in [0, 0.1) is 0 Å². The average molecular weight is 575 g/mol. The number of nitrogens with one attached hydrogen (secondary N) is 2. The Morgan fingerprint density at radius 3 is 2.61 bits per heavy atom. The number of anilines is 2. The summed E-state index contributed by atoms with van der Waals surface area (Å²) in [7, 11) is 0. The summed E-state index contributed by atoms with van der Waals surface area (Å²) in [6, 6.07) is 10.1. The number of hydrogen-bond donors (Lipinski definition) is 2. The van der Waals surface area contributed by atoms with E-state index < -0.39 is 12.0 Å². The molecule has 3 aromatic heterocycles. The fourth-order valence-corrected chi connectivity index (χ4v) is 4.73. The van der Waals surface area contributed by atoms with Crippen LogP contribution in [0.1, 0.15) is 49.5 Å². The van der Waals surface area contributed by atoms with E-state index in [9.17, 15) is 9.59 Å². The van der Waals surface area contributed by atoms with Crippen LogP contribution in [0.25, 0.3) is 16.8 Å². The number of pyridine rings is 1. The van der Waals surface area contributed by atoms with E-state index in [1.54, 1.807) is 35.1 Å². The van der Waals surface area contributed by atoms with Crippen LogP contribution in [0.15, 0.2) is 55.0 Å². The van der Waals surface area contributed by atoms with Crippen molar-refractivity contribution in [3.05, 3.63) is 75.9 Å². The zero-order valence-corrected chi connectivity index (χ0v) is 22.9. The third kappa shape index (κ3) is 6.56. The highest BCUT2D eigenvalue weighted by atomic mass is 35.5. The van der Waals surface area contributed by atoms with Crippen molar-refractivity contribution in [3.63, 3.8) is 0 Å². The van der Waals surface area contributed by atoms with Gasteiger partial charge in [-0.2, -0.15) is 0 Å². The van der Waals surface area contributed by atoms with Gasteiger partial charge in [-0.25, -0.2) is 14.8 Å². The molecule has 2 N–H and O–H groups in total. The number of carbonyl (C=O) groups is 2. The molecule has 198 valence electrons. The monoisotopic (exact) mass is 573 g/mol. The molecule has 0 aliphatic carbocycles. The molecule has 3 heterocycles. The SMILES string of the molecule is CCCCCCCOC(=O)Nc1cc(Cl)cc(Cl)c1NC(=O)c1ncc2cccn2c1-c1cccnc1Cl. The highest BCUT2D eigenvalue weighted by molar-refractivity contribution is 6.38. The smallest absolute Gasteiger partial charge is 0.411 e. The van der Waals surface area contributed by atoms with Crippen LogP contribution in [0.2, 0.25) is 15.2 Å². The lowest BCUT2D eigenvalue weighted by Crippen LogP contribution is -2.20. The molecule has 38 heavy (non-hydrogen) atoms. The number of carbonyl (C=O) groups excluding carboxylic acids is 2. The predicted octanol–water partition coefficient (Wildman–Crippen LogP) is 8.13. The first-order valence-electron chi connectivity index (χ1n) is 12.2. The minimum atomic E-state index is -0.677. The fourth-order valence-electron chi connectivity index (χ4n) is 3.98. The topological polar surface area (TPSA) is 97.6 Å². The molecule has 11 heteroatoms. The number of rotatable bonds is 10. The van der Waals surface area contributed by atoms with E-state index >= 15 is 0 Å². The number of nitrogens with zero attached hydrogens (tertiary/aromatic N) is 3. The lowest BCUT2D eigenvalue weighted by Gasteiger charge is -2.16. The summed E-state index contributed by atoms with van der Waals surface area (Å²) in [5, 5.41) is 6.02. The molecule has 0 radical (unpaired) electrons. The van der Waals surface area contributed by atoms with E-state index in [-0.39, 0.29) is 38.9 Å². The molecule has 2 amide bonds. The Morgan fingerprint density at radius 1 is 1.00 bits per heavy atom. The highest BCUT2D eigenvalue weighted by Gasteiger charge is 2.23. The van der Waals surface area contributed by atoms with E-state index in [0.29, 0.717) is 11.3 Å². The minimum absolute atomic E-state index is 0.0789. The number of hydrogen-bond acceptors (Lipinski definition) is 5. The number of fused-ring (bicyclic) bond motifs is 1. The van der Waals surface area contributed by atoms with Crippen molar-refractivity contribution < 1.29 is 14.3 Å². The molecule has 0 bridgehead atoms. The molecule has 4 aromatic rings. The molecule has 8 nitrogen and oxygen atoms in total. The summed E-state index contributed by atoms with van der Waals surface area (Å²) in [5.74, 6) is -0.577. The molecule has 0 aliphatic heterocycles. The van der Waals surface area contributed by atoms with Crippen molar-refractivity contribution in [1.29, 1.82) is 0 Å². The van der Waals surface area contributed by atoms with Crippen LogP contribution in [0.5, 0.6) is 0 Å². The normalized spacial score (nSPS) is 10.9. The van der Waals surface area contributed by atoms with Crippen molar-refractivity contribution in [3.8, 4) is 11.3 Å². The number of aromatic nitrogens is 3. The zero-order valence-electron chi connectivity index (χ0n) is 20.6. The van der Waals surface area contributed by atoms with E-state index in [1.807, 2.05) is 12.1 Å². The molecule has 4 rings (SSSR count). The summed E-state index contributed by atoms with van der Waals surface area (Å²) < 4.78 is 7.09. The lowest BCUT2D eigenvalue weighted by atomic mass is 10.1. The van der Waals surface area contributed by atoms with E-state index in [2.05, 4.69) is 27.5 Å². The molecule has 0 atom stereocenters. The average Bonchev–Trinajstić information content (AvgIpc) is 3.37. The van der Waals surface area contributed by atoms with Gasteiger partial charge < -0.3 is 14.5 Å². The first kappa shape index (κ1) is 27.7. The van der Waals surface area contributed by atoms with Gasteiger partial charge in [-0.1, -0.05) is 67.4 Å². The maximum Gasteiger partial charge on any atom is 0.411 e. The van der Waals surface area contributed by atoms with Crippen LogP contribution < -0.4 is 10.6 Å². The van der Waals surface area contributed by atoms with Gasteiger partial charge in [0, 0.05) is 23.0 Å². The second-order valence-electron chi connectivity index (χ2n) is 8.54. The van der Waals surface area contributed by atoms with Crippen molar-refractivity contribution in [2.24, 2.45) is 0 Å². The van der Waals surface area contributed by atoms with Crippen LogP contribution >= 0.6 is 34.8 Å².